The molecule has 1 aliphatic heterocycles. The summed E-state index contributed by atoms with van der Waals surface area (Å²) in [6.45, 7) is 8.38. The Morgan fingerprint density at radius 2 is 1.60 bits per heavy atom. The summed E-state index contributed by atoms with van der Waals surface area (Å²) in [6, 6.07) is 0. The molecule has 1 saturated heterocycles. The van der Waals surface area contributed by atoms with Gasteiger partial charge in [-0.1, -0.05) is 27.7 Å². The van der Waals surface area contributed by atoms with Crippen LogP contribution in [0.2, 0.25) is 0 Å². The molecular weight excluding hydrogens is 190 g/mol. The maximum absolute atomic E-state index is 11.8. The summed E-state index contributed by atoms with van der Waals surface area (Å²) in [6.07, 6.45) is 1.99. The van der Waals surface area contributed by atoms with E-state index in [4.69, 9.17) is 0 Å². The number of carbonyl (C=O) groups is 2. The van der Waals surface area contributed by atoms with Crippen LogP contribution in [0.5, 0.6) is 0 Å². The SMILES string of the molecule is CC(C)CC1(CC(C)C)CC(=O)NC1=O. The Labute approximate surface area is 91.6 Å². The summed E-state index contributed by atoms with van der Waals surface area (Å²) < 4.78 is 0. The zero-order chi connectivity index (χ0) is 11.6. The normalized spacial score (nSPS) is 20.1. The van der Waals surface area contributed by atoms with E-state index >= 15 is 0 Å². The van der Waals surface area contributed by atoms with E-state index in [1.165, 1.54) is 0 Å². The second kappa shape index (κ2) is 4.33. The van der Waals surface area contributed by atoms with Crippen LogP contribution in [0, 0.1) is 17.3 Å². The van der Waals surface area contributed by atoms with Crippen molar-refractivity contribution in [3.63, 3.8) is 0 Å². The van der Waals surface area contributed by atoms with E-state index in [1.54, 1.807) is 0 Å². The van der Waals surface area contributed by atoms with Gasteiger partial charge in [0.05, 0.1) is 5.41 Å². The van der Waals surface area contributed by atoms with Gasteiger partial charge in [-0.2, -0.15) is 0 Å². The molecule has 0 radical (unpaired) electrons. The molecule has 0 aromatic rings. The number of rotatable bonds is 4. The largest absolute Gasteiger partial charge is 0.296 e. The van der Waals surface area contributed by atoms with Gasteiger partial charge < -0.3 is 0 Å². The highest BCUT2D eigenvalue weighted by molar-refractivity contribution is 6.05. The molecule has 0 aliphatic carbocycles. The number of hydrogen-bond donors (Lipinski definition) is 1. The lowest BCUT2D eigenvalue weighted by atomic mass is 9.73. The van der Waals surface area contributed by atoms with E-state index < -0.39 is 5.41 Å². The van der Waals surface area contributed by atoms with E-state index in [0.29, 0.717) is 18.3 Å². The molecule has 1 fully saturated rings. The van der Waals surface area contributed by atoms with Crippen molar-refractivity contribution in [1.82, 2.24) is 5.32 Å². The topological polar surface area (TPSA) is 46.2 Å². The third-order valence-corrected chi connectivity index (χ3v) is 2.83. The van der Waals surface area contributed by atoms with Crippen LogP contribution in [0.1, 0.15) is 47.0 Å². The summed E-state index contributed by atoms with van der Waals surface area (Å²) in [5, 5.41) is 2.44. The minimum absolute atomic E-state index is 0.0603. The van der Waals surface area contributed by atoms with E-state index in [-0.39, 0.29) is 11.8 Å². The lowest BCUT2D eigenvalue weighted by molar-refractivity contribution is -0.130. The molecule has 1 aliphatic rings. The molecule has 0 atom stereocenters. The fourth-order valence-corrected chi connectivity index (χ4v) is 2.67. The molecule has 0 spiro atoms. The Balaban J connectivity index is 2.85. The van der Waals surface area contributed by atoms with Crippen LogP contribution >= 0.6 is 0 Å². The second-order valence-corrected chi connectivity index (χ2v) is 5.53. The molecule has 1 N–H and O–H groups in total. The predicted octanol–water partition coefficient (Wildman–Crippen LogP) is 2.11. The van der Waals surface area contributed by atoms with Gasteiger partial charge in [0.25, 0.3) is 0 Å². The van der Waals surface area contributed by atoms with Crippen molar-refractivity contribution in [1.29, 1.82) is 0 Å². The van der Waals surface area contributed by atoms with Gasteiger partial charge in [0.1, 0.15) is 0 Å². The quantitative estimate of drug-likeness (QED) is 0.724. The minimum Gasteiger partial charge on any atom is -0.296 e. The molecule has 0 bridgehead atoms. The van der Waals surface area contributed by atoms with Crippen LogP contribution in [0.3, 0.4) is 0 Å². The van der Waals surface area contributed by atoms with Gasteiger partial charge in [-0.05, 0) is 24.7 Å². The maximum Gasteiger partial charge on any atom is 0.233 e. The molecule has 1 rings (SSSR count). The molecule has 1 heterocycles. The Bertz CT molecular complexity index is 259. The molecule has 0 unspecified atom stereocenters. The van der Waals surface area contributed by atoms with Crippen molar-refractivity contribution in [2.24, 2.45) is 17.3 Å². The van der Waals surface area contributed by atoms with Crippen LogP contribution in [-0.4, -0.2) is 11.8 Å². The highest BCUT2D eigenvalue weighted by Gasteiger charge is 2.46. The van der Waals surface area contributed by atoms with Gasteiger partial charge in [-0.15, -0.1) is 0 Å². The number of nitrogens with one attached hydrogen (secondary N) is 1. The number of hydrogen-bond acceptors (Lipinski definition) is 2. The zero-order valence-corrected chi connectivity index (χ0v) is 10.1. The van der Waals surface area contributed by atoms with Crippen molar-refractivity contribution in [3.05, 3.63) is 0 Å². The van der Waals surface area contributed by atoms with Gasteiger partial charge in [-0.25, -0.2) is 0 Å². The first-order chi connectivity index (χ1) is 6.85. The molecule has 86 valence electrons. The lowest BCUT2D eigenvalue weighted by Crippen LogP contribution is -2.34. The Hall–Kier alpha value is -0.860. The summed E-state index contributed by atoms with van der Waals surface area (Å²) >= 11 is 0. The minimum atomic E-state index is -0.431. The summed E-state index contributed by atoms with van der Waals surface area (Å²) in [5.41, 5.74) is -0.431. The molecule has 3 heteroatoms. The van der Waals surface area contributed by atoms with Crippen molar-refractivity contribution in [3.8, 4) is 0 Å². The average Bonchev–Trinajstić information content (AvgIpc) is 2.22. The first-order valence-electron chi connectivity index (χ1n) is 5.70. The molecule has 0 aromatic carbocycles. The van der Waals surface area contributed by atoms with Crippen LogP contribution in [-0.2, 0) is 9.59 Å². The number of imide groups is 1. The zero-order valence-electron chi connectivity index (χ0n) is 10.1. The van der Waals surface area contributed by atoms with Gasteiger partial charge in [-0.3, -0.25) is 14.9 Å². The smallest absolute Gasteiger partial charge is 0.233 e. The summed E-state index contributed by atoms with van der Waals surface area (Å²) in [5.74, 6) is 0.719. The van der Waals surface area contributed by atoms with Gasteiger partial charge >= 0.3 is 0 Å². The molecule has 0 aromatic heterocycles. The van der Waals surface area contributed by atoms with Gasteiger partial charge in [0, 0.05) is 6.42 Å². The second-order valence-electron chi connectivity index (χ2n) is 5.53. The maximum atomic E-state index is 11.8. The molecule has 0 saturated carbocycles. The predicted molar refractivity (Wildman–Crippen MR) is 59.1 cm³/mol. The number of amides is 2. The molecular formula is C12H21NO2. The van der Waals surface area contributed by atoms with E-state index in [0.717, 1.165) is 12.8 Å². The molecule has 15 heavy (non-hydrogen) atoms. The first-order valence-corrected chi connectivity index (χ1v) is 5.70. The van der Waals surface area contributed by atoms with Crippen molar-refractivity contribution in [2.45, 2.75) is 47.0 Å². The third-order valence-electron chi connectivity index (χ3n) is 2.83. The van der Waals surface area contributed by atoms with Crippen LogP contribution in [0.4, 0.5) is 0 Å². The highest BCUT2D eigenvalue weighted by Crippen LogP contribution is 2.40. The Morgan fingerprint density at radius 1 is 1.13 bits per heavy atom. The Morgan fingerprint density at radius 3 is 1.87 bits per heavy atom. The van der Waals surface area contributed by atoms with Crippen LogP contribution < -0.4 is 5.32 Å². The number of carbonyl (C=O) groups excluding carboxylic acids is 2. The fourth-order valence-electron chi connectivity index (χ4n) is 2.67. The van der Waals surface area contributed by atoms with Crippen LogP contribution in [0.25, 0.3) is 0 Å². The highest BCUT2D eigenvalue weighted by atomic mass is 16.2. The standard InChI is InChI=1S/C12H21NO2/c1-8(2)5-12(6-9(3)4)7-10(14)13-11(12)15/h8-9H,5-7H2,1-4H3,(H,13,14,15). The van der Waals surface area contributed by atoms with Gasteiger partial charge in [0.15, 0.2) is 0 Å². The van der Waals surface area contributed by atoms with Crippen molar-refractivity contribution < 1.29 is 9.59 Å². The molecule has 2 amide bonds. The lowest BCUT2D eigenvalue weighted by Gasteiger charge is -2.28. The average molecular weight is 211 g/mol. The molecule has 3 nitrogen and oxygen atoms in total. The van der Waals surface area contributed by atoms with Crippen molar-refractivity contribution in [2.75, 3.05) is 0 Å². The monoisotopic (exact) mass is 211 g/mol. The van der Waals surface area contributed by atoms with E-state index in [2.05, 4.69) is 33.0 Å². The summed E-state index contributed by atoms with van der Waals surface area (Å²) in [7, 11) is 0. The van der Waals surface area contributed by atoms with Crippen LogP contribution in [0.15, 0.2) is 0 Å². The fraction of sp³-hybridized carbons (Fsp3) is 0.833. The Kier molecular flexibility index (Phi) is 3.53. The first kappa shape index (κ1) is 12.2. The van der Waals surface area contributed by atoms with Gasteiger partial charge in [0.2, 0.25) is 11.8 Å². The summed E-state index contributed by atoms with van der Waals surface area (Å²) in [4.78, 5) is 23.1. The van der Waals surface area contributed by atoms with Crippen molar-refractivity contribution >= 4 is 11.8 Å². The van der Waals surface area contributed by atoms with E-state index in [9.17, 15) is 9.59 Å². The van der Waals surface area contributed by atoms with E-state index in [1.807, 2.05) is 0 Å². The third kappa shape index (κ3) is 2.80.